The highest BCUT2D eigenvalue weighted by Crippen LogP contribution is 2.45. The lowest BCUT2D eigenvalue weighted by atomic mass is 9.67. The summed E-state index contributed by atoms with van der Waals surface area (Å²) < 4.78 is 21.0. The average Bonchev–Trinajstić information content (AvgIpc) is 2.77. The second-order valence-corrected chi connectivity index (χ2v) is 9.07. The third-order valence-electron chi connectivity index (χ3n) is 7.01. The number of carbonyl (C=O) groups is 1. The van der Waals surface area contributed by atoms with Crippen molar-refractivity contribution in [2.24, 2.45) is 5.92 Å². The number of hydrogen-bond acceptors (Lipinski definition) is 5. The number of Topliss-reactive ketones (excluding diaryl/α,β-unsaturated/α-hetero) is 1. The molecule has 164 valence electrons. The van der Waals surface area contributed by atoms with E-state index in [4.69, 9.17) is 4.74 Å². The molecular formula is C24H27FN2O4. The molecule has 31 heavy (non-hydrogen) atoms. The summed E-state index contributed by atoms with van der Waals surface area (Å²) in [6, 6.07) is 9.45. The highest BCUT2D eigenvalue weighted by Gasteiger charge is 2.45. The number of ketones is 1. The molecular weight excluding hydrogens is 399 g/mol. The maximum Gasteiger partial charge on any atom is 0.287 e. The fraction of sp³-hybridized carbons (Fsp3) is 0.500. The highest BCUT2D eigenvalue weighted by molar-refractivity contribution is 5.83. The van der Waals surface area contributed by atoms with Crippen molar-refractivity contribution in [1.29, 1.82) is 0 Å². The minimum Gasteiger partial charge on any atom is -0.367 e. The third-order valence-corrected chi connectivity index (χ3v) is 7.01. The van der Waals surface area contributed by atoms with Crippen LogP contribution in [0.5, 0.6) is 0 Å². The van der Waals surface area contributed by atoms with E-state index >= 15 is 0 Å². The molecule has 6 nitrogen and oxygen atoms in total. The molecule has 0 bridgehead atoms. The van der Waals surface area contributed by atoms with Crippen molar-refractivity contribution in [2.75, 3.05) is 6.61 Å². The summed E-state index contributed by atoms with van der Waals surface area (Å²) in [5.41, 5.74) is -0.347. The molecule has 0 amide bonds. The van der Waals surface area contributed by atoms with E-state index in [1.165, 1.54) is 24.8 Å². The molecule has 0 radical (unpaired) electrons. The molecule has 1 aliphatic heterocycles. The molecule has 1 saturated heterocycles. The van der Waals surface area contributed by atoms with E-state index in [1.807, 2.05) is 6.92 Å². The van der Waals surface area contributed by atoms with Crippen molar-refractivity contribution in [2.45, 2.75) is 62.9 Å². The van der Waals surface area contributed by atoms with Crippen LogP contribution in [-0.2, 0) is 14.9 Å². The lowest BCUT2D eigenvalue weighted by Gasteiger charge is -2.44. The van der Waals surface area contributed by atoms with E-state index in [9.17, 15) is 19.3 Å². The summed E-state index contributed by atoms with van der Waals surface area (Å²) in [6.07, 6.45) is 7.47. The van der Waals surface area contributed by atoms with Crippen molar-refractivity contribution in [3.05, 3.63) is 69.8 Å². The molecule has 1 aromatic heterocycles. The predicted octanol–water partition coefficient (Wildman–Crippen LogP) is 5.13. The molecule has 2 atom stereocenters. The van der Waals surface area contributed by atoms with Gasteiger partial charge < -0.3 is 4.74 Å². The fourth-order valence-corrected chi connectivity index (χ4v) is 5.27. The maximum atomic E-state index is 14.9. The van der Waals surface area contributed by atoms with Gasteiger partial charge in [0.15, 0.2) is 5.78 Å². The van der Waals surface area contributed by atoms with Gasteiger partial charge in [0.2, 0.25) is 0 Å². The van der Waals surface area contributed by atoms with Crippen LogP contribution in [0.15, 0.2) is 42.6 Å². The molecule has 7 heteroatoms. The van der Waals surface area contributed by atoms with Crippen molar-refractivity contribution in [1.82, 2.24) is 4.98 Å². The first-order valence-electron chi connectivity index (χ1n) is 10.9. The zero-order valence-corrected chi connectivity index (χ0v) is 17.7. The number of ether oxygens (including phenoxy) is 1. The van der Waals surface area contributed by atoms with Crippen LogP contribution in [0.3, 0.4) is 0 Å². The van der Waals surface area contributed by atoms with Crippen LogP contribution in [0.1, 0.15) is 63.1 Å². The number of halogens is 1. The fourth-order valence-electron chi connectivity index (χ4n) is 5.27. The number of benzene rings is 1. The first-order chi connectivity index (χ1) is 14.8. The van der Waals surface area contributed by atoms with Crippen molar-refractivity contribution in [3.63, 3.8) is 0 Å². The first kappa shape index (κ1) is 21.6. The topological polar surface area (TPSA) is 82.3 Å². The van der Waals surface area contributed by atoms with Crippen LogP contribution in [0.2, 0.25) is 0 Å². The largest absolute Gasteiger partial charge is 0.367 e. The molecule has 0 N–H and O–H groups in total. The normalized spacial score (nSPS) is 22.8. The van der Waals surface area contributed by atoms with Gasteiger partial charge >= 0.3 is 0 Å². The summed E-state index contributed by atoms with van der Waals surface area (Å²) in [5, 5.41) is 11.1. The Balaban J connectivity index is 1.71. The van der Waals surface area contributed by atoms with Crippen LogP contribution < -0.4 is 0 Å². The number of carbonyl (C=O) groups excluding carboxylic acids is 1. The summed E-state index contributed by atoms with van der Waals surface area (Å²) in [5.74, 6) is -0.633. The zero-order valence-electron chi connectivity index (χ0n) is 17.7. The van der Waals surface area contributed by atoms with Gasteiger partial charge in [0.1, 0.15) is 18.6 Å². The van der Waals surface area contributed by atoms with Gasteiger partial charge in [-0.1, -0.05) is 37.5 Å². The van der Waals surface area contributed by atoms with E-state index in [2.05, 4.69) is 4.98 Å². The Bertz CT molecular complexity index is 972. The summed E-state index contributed by atoms with van der Waals surface area (Å²) in [4.78, 5) is 27.8. The predicted molar refractivity (Wildman–Crippen MR) is 113 cm³/mol. The van der Waals surface area contributed by atoms with Gasteiger partial charge in [-0.3, -0.25) is 19.9 Å². The van der Waals surface area contributed by atoms with Crippen LogP contribution >= 0.6 is 0 Å². The number of nitro groups is 1. The Kier molecular flexibility index (Phi) is 5.88. The van der Waals surface area contributed by atoms with Crippen LogP contribution in [-0.4, -0.2) is 27.9 Å². The maximum absolute atomic E-state index is 14.9. The standard InChI is InChI=1S/C24H27FN2O4/c1-23(19-7-3-4-8-20(19)25,22-10-9-18(15-26-22)27(29)30)13-17-14-24(31-16-21(17)28)11-5-2-6-12-24/h3-4,7-10,15,17H,2,5-6,11-14,16H2,1H3. The van der Waals surface area contributed by atoms with Gasteiger partial charge in [-0.05, 0) is 50.3 Å². The molecule has 2 aromatic rings. The third kappa shape index (κ3) is 4.24. The van der Waals surface area contributed by atoms with Gasteiger partial charge in [0, 0.05) is 17.4 Å². The number of nitrogens with zero attached hydrogens (tertiary/aromatic N) is 2. The van der Waals surface area contributed by atoms with Gasteiger partial charge in [-0.2, -0.15) is 0 Å². The lowest BCUT2D eigenvalue weighted by molar-refractivity contribution is -0.385. The Morgan fingerprint density at radius 3 is 2.61 bits per heavy atom. The molecule has 1 aromatic carbocycles. The second-order valence-electron chi connectivity index (χ2n) is 9.07. The summed E-state index contributed by atoms with van der Waals surface area (Å²) >= 11 is 0. The van der Waals surface area contributed by atoms with Crippen molar-refractivity contribution < 1.29 is 18.8 Å². The molecule has 2 fully saturated rings. The minimum absolute atomic E-state index is 0.0284. The van der Waals surface area contributed by atoms with E-state index in [-0.39, 0.29) is 35.4 Å². The molecule has 2 heterocycles. The van der Waals surface area contributed by atoms with Gasteiger partial charge in [-0.15, -0.1) is 0 Å². The number of rotatable bonds is 5. The molecule has 4 rings (SSSR count). The summed E-state index contributed by atoms with van der Waals surface area (Å²) in [6.45, 7) is 1.96. The van der Waals surface area contributed by atoms with Crippen molar-refractivity contribution in [3.8, 4) is 0 Å². The highest BCUT2D eigenvalue weighted by atomic mass is 19.1. The Labute approximate surface area is 181 Å². The number of pyridine rings is 1. The van der Waals surface area contributed by atoms with Crippen LogP contribution in [0.4, 0.5) is 10.1 Å². The van der Waals surface area contributed by atoms with Crippen molar-refractivity contribution >= 4 is 11.5 Å². The Morgan fingerprint density at radius 2 is 1.97 bits per heavy atom. The lowest BCUT2D eigenvalue weighted by Crippen LogP contribution is -2.47. The van der Waals surface area contributed by atoms with E-state index in [0.717, 1.165) is 25.7 Å². The molecule has 2 aliphatic rings. The minimum atomic E-state index is -0.909. The Hall–Kier alpha value is -2.67. The summed E-state index contributed by atoms with van der Waals surface area (Å²) in [7, 11) is 0. The molecule has 2 unspecified atom stereocenters. The first-order valence-corrected chi connectivity index (χ1v) is 10.9. The van der Waals surface area contributed by atoms with Gasteiger partial charge in [0.05, 0.1) is 16.2 Å². The SMILES string of the molecule is CC(CC1CC2(CCCCC2)OCC1=O)(c1ccc([N+](=O)[O-])cn1)c1ccccc1F. The molecule has 1 spiro atoms. The second kappa shape index (κ2) is 8.46. The quantitative estimate of drug-likeness (QED) is 0.489. The van der Waals surface area contributed by atoms with E-state index in [0.29, 0.717) is 24.1 Å². The van der Waals surface area contributed by atoms with E-state index < -0.39 is 10.3 Å². The average molecular weight is 426 g/mol. The number of aromatic nitrogens is 1. The Morgan fingerprint density at radius 1 is 1.23 bits per heavy atom. The monoisotopic (exact) mass is 426 g/mol. The molecule has 1 saturated carbocycles. The smallest absolute Gasteiger partial charge is 0.287 e. The van der Waals surface area contributed by atoms with Gasteiger partial charge in [-0.25, -0.2) is 4.39 Å². The van der Waals surface area contributed by atoms with Crippen LogP contribution in [0.25, 0.3) is 0 Å². The van der Waals surface area contributed by atoms with Gasteiger partial charge in [0.25, 0.3) is 5.69 Å². The zero-order chi connectivity index (χ0) is 22.1. The molecule has 1 aliphatic carbocycles. The van der Waals surface area contributed by atoms with E-state index in [1.54, 1.807) is 24.3 Å². The van der Waals surface area contributed by atoms with Crippen LogP contribution in [0, 0.1) is 21.8 Å². The number of hydrogen-bond donors (Lipinski definition) is 0.